The molecule has 20 heavy (non-hydrogen) atoms. The SMILES string of the molecule is CCCCCCCC/C=C\CCCCCCC(C)C=O. The maximum absolute atomic E-state index is 10.5. The number of hydrogen-bond donors (Lipinski definition) is 0. The van der Waals surface area contributed by atoms with Gasteiger partial charge in [0.05, 0.1) is 0 Å². The van der Waals surface area contributed by atoms with Gasteiger partial charge in [0.1, 0.15) is 6.29 Å². The molecular weight excluding hydrogens is 244 g/mol. The van der Waals surface area contributed by atoms with Gasteiger partial charge in [-0.3, -0.25) is 0 Å². The monoisotopic (exact) mass is 280 g/mol. The van der Waals surface area contributed by atoms with Crippen LogP contribution in [0.15, 0.2) is 12.2 Å². The summed E-state index contributed by atoms with van der Waals surface area (Å²) in [7, 11) is 0. The summed E-state index contributed by atoms with van der Waals surface area (Å²) < 4.78 is 0. The Hall–Kier alpha value is -0.590. The van der Waals surface area contributed by atoms with Crippen molar-refractivity contribution in [2.24, 2.45) is 5.92 Å². The fourth-order valence-corrected chi connectivity index (χ4v) is 2.43. The Balaban J connectivity index is 3.10. The molecule has 118 valence electrons. The van der Waals surface area contributed by atoms with Gasteiger partial charge in [-0.25, -0.2) is 0 Å². The maximum Gasteiger partial charge on any atom is 0.122 e. The average molecular weight is 280 g/mol. The fourth-order valence-electron chi connectivity index (χ4n) is 2.43. The Bertz CT molecular complexity index is 220. The Morgan fingerprint density at radius 3 is 1.80 bits per heavy atom. The summed E-state index contributed by atoms with van der Waals surface area (Å²) in [5.74, 6) is 0.257. The number of aldehydes is 1. The minimum absolute atomic E-state index is 0.257. The van der Waals surface area contributed by atoms with Crippen molar-refractivity contribution in [2.75, 3.05) is 0 Å². The molecule has 0 aromatic heterocycles. The molecule has 0 aromatic carbocycles. The highest BCUT2D eigenvalue weighted by Crippen LogP contribution is 2.11. The summed E-state index contributed by atoms with van der Waals surface area (Å²) in [6.07, 6.45) is 22.8. The molecule has 0 amide bonds. The van der Waals surface area contributed by atoms with E-state index in [0.717, 1.165) is 12.7 Å². The Morgan fingerprint density at radius 1 is 0.750 bits per heavy atom. The van der Waals surface area contributed by atoms with Gasteiger partial charge in [-0.05, 0) is 32.1 Å². The molecule has 1 unspecified atom stereocenters. The molecule has 0 N–H and O–H groups in total. The van der Waals surface area contributed by atoms with Crippen LogP contribution < -0.4 is 0 Å². The summed E-state index contributed by atoms with van der Waals surface area (Å²) >= 11 is 0. The van der Waals surface area contributed by atoms with Gasteiger partial charge >= 0.3 is 0 Å². The number of carbonyl (C=O) groups is 1. The van der Waals surface area contributed by atoms with Crippen LogP contribution >= 0.6 is 0 Å². The van der Waals surface area contributed by atoms with E-state index < -0.39 is 0 Å². The Morgan fingerprint density at radius 2 is 1.25 bits per heavy atom. The molecule has 0 fully saturated rings. The third kappa shape index (κ3) is 15.5. The standard InChI is InChI=1S/C19H36O/c1-3-4-5-6-7-8-9-10-11-12-13-14-15-16-17-19(2)18-20/h10-11,18-19H,3-9,12-17H2,1-2H3/b11-10-. The molecule has 0 rings (SSSR count). The van der Waals surface area contributed by atoms with E-state index in [1.165, 1.54) is 77.0 Å². The molecule has 1 atom stereocenters. The summed E-state index contributed by atoms with van der Waals surface area (Å²) in [4.78, 5) is 10.5. The molecule has 0 heterocycles. The molecule has 0 saturated heterocycles. The van der Waals surface area contributed by atoms with Gasteiger partial charge in [-0.1, -0.05) is 77.4 Å². The van der Waals surface area contributed by atoms with Gasteiger partial charge in [-0.15, -0.1) is 0 Å². The van der Waals surface area contributed by atoms with Crippen molar-refractivity contribution < 1.29 is 4.79 Å². The van der Waals surface area contributed by atoms with Crippen molar-refractivity contribution in [1.82, 2.24) is 0 Å². The average Bonchev–Trinajstić information content (AvgIpc) is 2.47. The zero-order valence-electron chi connectivity index (χ0n) is 13.9. The van der Waals surface area contributed by atoms with E-state index in [-0.39, 0.29) is 5.92 Å². The Kier molecular flexibility index (Phi) is 16.0. The molecule has 0 radical (unpaired) electrons. The minimum atomic E-state index is 0.257. The van der Waals surface area contributed by atoms with E-state index in [2.05, 4.69) is 19.1 Å². The van der Waals surface area contributed by atoms with Crippen molar-refractivity contribution in [3.05, 3.63) is 12.2 Å². The third-order valence-corrected chi connectivity index (χ3v) is 3.90. The first-order valence-corrected chi connectivity index (χ1v) is 8.91. The van der Waals surface area contributed by atoms with Gasteiger partial charge < -0.3 is 4.79 Å². The van der Waals surface area contributed by atoms with Gasteiger partial charge in [0.25, 0.3) is 0 Å². The Labute approximate surface area is 127 Å². The first kappa shape index (κ1) is 19.4. The summed E-state index contributed by atoms with van der Waals surface area (Å²) in [6.45, 7) is 4.28. The third-order valence-electron chi connectivity index (χ3n) is 3.90. The van der Waals surface area contributed by atoms with Crippen LogP contribution in [-0.2, 0) is 4.79 Å². The lowest BCUT2D eigenvalue weighted by Gasteiger charge is -2.02. The number of hydrogen-bond acceptors (Lipinski definition) is 1. The van der Waals surface area contributed by atoms with E-state index in [0.29, 0.717) is 0 Å². The van der Waals surface area contributed by atoms with Gasteiger partial charge in [-0.2, -0.15) is 0 Å². The summed E-state index contributed by atoms with van der Waals surface area (Å²) in [5.41, 5.74) is 0. The molecule has 0 aromatic rings. The van der Waals surface area contributed by atoms with Crippen LogP contribution in [0.5, 0.6) is 0 Å². The van der Waals surface area contributed by atoms with Gasteiger partial charge in [0.2, 0.25) is 0 Å². The summed E-state index contributed by atoms with van der Waals surface area (Å²) in [5, 5.41) is 0. The largest absolute Gasteiger partial charge is 0.303 e. The molecule has 0 saturated carbocycles. The first-order valence-electron chi connectivity index (χ1n) is 8.91. The van der Waals surface area contributed by atoms with E-state index >= 15 is 0 Å². The minimum Gasteiger partial charge on any atom is -0.303 e. The van der Waals surface area contributed by atoms with Crippen LogP contribution in [0.4, 0.5) is 0 Å². The topological polar surface area (TPSA) is 17.1 Å². The molecular formula is C19H36O. The lowest BCUT2D eigenvalue weighted by atomic mass is 10.0. The molecule has 0 aliphatic heterocycles. The second-order valence-corrected chi connectivity index (χ2v) is 6.13. The lowest BCUT2D eigenvalue weighted by Crippen LogP contribution is -1.94. The normalized spacial score (nSPS) is 12.9. The van der Waals surface area contributed by atoms with Crippen LogP contribution in [0.1, 0.15) is 97.3 Å². The predicted molar refractivity (Wildman–Crippen MR) is 90.1 cm³/mol. The quantitative estimate of drug-likeness (QED) is 0.191. The van der Waals surface area contributed by atoms with Gasteiger partial charge in [0.15, 0.2) is 0 Å². The second kappa shape index (κ2) is 16.5. The molecule has 0 bridgehead atoms. The van der Waals surface area contributed by atoms with Crippen LogP contribution in [-0.4, -0.2) is 6.29 Å². The van der Waals surface area contributed by atoms with Crippen LogP contribution in [0.25, 0.3) is 0 Å². The van der Waals surface area contributed by atoms with Crippen LogP contribution in [0.2, 0.25) is 0 Å². The molecule has 0 aliphatic rings. The highest BCUT2D eigenvalue weighted by Gasteiger charge is 1.98. The predicted octanol–water partition coefficient (Wildman–Crippen LogP) is 6.47. The zero-order chi connectivity index (χ0) is 14.9. The smallest absolute Gasteiger partial charge is 0.122 e. The van der Waals surface area contributed by atoms with Crippen molar-refractivity contribution in [3.63, 3.8) is 0 Å². The van der Waals surface area contributed by atoms with Crippen molar-refractivity contribution in [2.45, 2.75) is 97.3 Å². The van der Waals surface area contributed by atoms with Gasteiger partial charge in [0, 0.05) is 5.92 Å². The highest BCUT2D eigenvalue weighted by atomic mass is 16.1. The molecule has 0 aliphatic carbocycles. The van der Waals surface area contributed by atoms with Crippen LogP contribution in [0.3, 0.4) is 0 Å². The number of allylic oxidation sites excluding steroid dienone is 2. The van der Waals surface area contributed by atoms with E-state index in [4.69, 9.17) is 0 Å². The van der Waals surface area contributed by atoms with Crippen LogP contribution in [0, 0.1) is 5.92 Å². The maximum atomic E-state index is 10.5. The molecule has 1 heteroatoms. The first-order chi connectivity index (χ1) is 9.81. The number of unbranched alkanes of at least 4 members (excludes halogenated alkanes) is 10. The molecule has 1 nitrogen and oxygen atoms in total. The summed E-state index contributed by atoms with van der Waals surface area (Å²) in [6, 6.07) is 0. The zero-order valence-corrected chi connectivity index (χ0v) is 13.9. The highest BCUT2D eigenvalue weighted by molar-refractivity contribution is 5.52. The van der Waals surface area contributed by atoms with Crippen molar-refractivity contribution >= 4 is 6.29 Å². The molecule has 0 spiro atoms. The number of rotatable bonds is 15. The van der Waals surface area contributed by atoms with Crippen molar-refractivity contribution in [3.8, 4) is 0 Å². The fraction of sp³-hybridized carbons (Fsp3) is 0.842. The number of carbonyl (C=O) groups excluding carboxylic acids is 1. The van der Waals surface area contributed by atoms with E-state index in [9.17, 15) is 4.79 Å². The van der Waals surface area contributed by atoms with Crippen molar-refractivity contribution in [1.29, 1.82) is 0 Å². The lowest BCUT2D eigenvalue weighted by molar-refractivity contribution is -0.110. The van der Waals surface area contributed by atoms with E-state index in [1.54, 1.807) is 0 Å². The second-order valence-electron chi connectivity index (χ2n) is 6.13. The van der Waals surface area contributed by atoms with E-state index in [1.807, 2.05) is 6.92 Å².